The Morgan fingerprint density at radius 1 is 1.38 bits per heavy atom. The maximum absolute atomic E-state index is 6.12. The van der Waals surface area contributed by atoms with Crippen LogP contribution in [0.1, 0.15) is 45.6 Å². The highest BCUT2D eigenvalue weighted by atomic mass is 127. The van der Waals surface area contributed by atoms with Crippen molar-refractivity contribution in [2.75, 3.05) is 6.61 Å². The van der Waals surface area contributed by atoms with Crippen molar-refractivity contribution in [2.24, 2.45) is 0 Å². The Bertz CT molecular complexity index is 536. The molecule has 2 rings (SSSR count). The third kappa shape index (κ3) is 4.96. The Morgan fingerprint density at radius 3 is 2.81 bits per heavy atom. The topological polar surface area (TPSA) is 18.5 Å². The lowest BCUT2D eigenvalue weighted by atomic mass is 9.99. The monoisotopic (exact) mass is 398 g/mol. The lowest BCUT2D eigenvalue weighted by molar-refractivity contribution is -0.204. The number of halogens is 1. The minimum atomic E-state index is -0.362. The highest BCUT2D eigenvalue weighted by Gasteiger charge is 2.27. The van der Waals surface area contributed by atoms with Crippen LogP contribution >= 0.6 is 22.6 Å². The molecule has 0 bridgehead atoms. The molecular weight excluding hydrogens is 375 g/mol. The second-order valence-electron chi connectivity index (χ2n) is 5.86. The van der Waals surface area contributed by atoms with Crippen LogP contribution in [0.5, 0.6) is 0 Å². The van der Waals surface area contributed by atoms with E-state index in [9.17, 15) is 0 Å². The lowest BCUT2D eigenvalue weighted by Crippen LogP contribution is -2.34. The summed E-state index contributed by atoms with van der Waals surface area (Å²) in [5.74, 6) is 0. The van der Waals surface area contributed by atoms with Gasteiger partial charge in [0.1, 0.15) is 0 Å². The van der Waals surface area contributed by atoms with Crippen molar-refractivity contribution >= 4 is 28.7 Å². The van der Waals surface area contributed by atoms with Crippen LogP contribution in [-0.4, -0.2) is 18.5 Å². The summed E-state index contributed by atoms with van der Waals surface area (Å²) in [5, 5.41) is 0. The molecule has 1 fully saturated rings. The Hall–Kier alpha value is -0.610. The number of hydrogen-bond donors (Lipinski definition) is 0. The smallest absolute Gasteiger partial charge is 0.158 e. The minimum absolute atomic E-state index is 0.0811. The van der Waals surface area contributed by atoms with Crippen LogP contribution in [0.3, 0.4) is 0 Å². The molecule has 1 aliphatic heterocycles. The van der Waals surface area contributed by atoms with Gasteiger partial charge in [0.15, 0.2) is 6.29 Å². The zero-order chi connectivity index (χ0) is 15.3. The summed E-state index contributed by atoms with van der Waals surface area (Å²) in [7, 11) is 0. The van der Waals surface area contributed by atoms with Crippen molar-refractivity contribution in [3.63, 3.8) is 0 Å². The fourth-order valence-electron chi connectivity index (χ4n) is 2.17. The van der Waals surface area contributed by atoms with Gasteiger partial charge in [-0.1, -0.05) is 18.2 Å². The zero-order valence-electron chi connectivity index (χ0n) is 13.0. The van der Waals surface area contributed by atoms with Gasteiger partial charge in [-0.05, 0) is 85.9 Å². The molecule has 114 valence electrons. The molecule has 3 heteroatoms. The molecule has 1 aliphatic rings. The molecule has 1 aromatic rings. The van der Waals surface area contributed by atoms with E-state index in [-0.39, 0.29) is 11.9 Å². The average Bonchev–Trinajstić information content (AvgIpc) is 2.46. The summed E-state index contributed by atoms with van der Waals surface area (Å²) in [6, 6.07) is 8.28. The standard InChI is InChI=1S/C18H23IO2/c1-14(11-12-15-8-4-5-9-16(15)19)18(2,3)21-17-10-6-7-13-20-17/h4-5,8-9,12,17H,6-7,10,13H2,1-3H3. The first-order chi connectivity index (χ1) is 9.99. The minimum Gasteiger partial charge on any atom is -0.353 e. The molecule has 0 spiro atoms. The van der Waals surface area contributed by atoms with Crippen LogP contribution in [0.4, 0.5) is 0 Å². The first-order valence-corrected chi connectivity index (χ1v) is 8.54. The molecule has 0 radical (unpaired) electrons. The Balaban J connectivity index is 2.10. The Kier molecular flexibility index (Phi) is 6.06. The first kappa shape index (κ1) is 16.8. The summed E-state index contributed by atoms with van der Waals surface area (Å²) < 4.78 is 13.0. The van der Waals surface area contributed by atoms with E-state index in [0.717, 1.165) is 25.0 Å². The van der Waals surface area contributed by atoms with Gasteiger partial charge in [0.05, 0.1) is 5.60 Å². The van der Waals surface area contributed by atoms with Crippen molar-refractivity contribution in [2.45, 2.75) is 51.9 Å². The highest BCUT2D eigenvalue weighted by Crippen LogP contribution is 2.26. The third-order valence-corrected chi connectivity index (χ3v) is 4.80. The molecule has 0 aliphatic carbocycles. The van der Waals surface area contributed by atoms with Gasteiger partial charge in [0.25, 0.3) is 0 Å². The molecule has 1 unspecified atom stereocenters. The van der Waals surface area contributed by atoms with Crippen molar-refractivity contribution in [1.82, 2.24) is 0 Å². The highest BCUT2D eigenvalue weighted by molar-refractivity contribution is 14.1. The van der Waals surface area contributed by atoms with Crippen LogP contribution in [0.25, 0.3) is 6.08 Å². The summed E-state index contributed by atoms with van der Waals surface area (Å²) >= 11 is 2.34. The normalized spacial score (nSPS) is 19.0. The molecule has 1 saturated heterocycles. The molecule has 21 heavy (non-hydrogen) atoms. The van der Waals surface area contributed by atoms with Crippen molar-refractivity contribution in [1.29, 1.82) is 0 Å². The fourth-order valence-corrected chi connectivity index (χ4v) is 2.72. The number of hydrogen-bond acceptors (Lipinski definition) is 2. The van der Waals surface area contributed by atoms with Gasteiger partial charge in [-0.2, -0.15) is 0 Å². The molecule has 0 amide bonds. The second kappa shape index (κ2) is 7.59. The van der Waals surface area contributed by atoms with E-state index in [4.69, 9.17) is 9.47 Å². The van der Waals surface area contributed by atoms with E-state index in [1.54, 1.807) is 0 Å². The van der Waals surface area contributed by atoms with Gasteiger partial charge in [0.2, 0.25) is 0 Å². The maximum atomic E-state index is 6.12. The third-order valence-electron chi connectivity index (χ3n) is 3.82. The van der Waals surface area contributed by atoms with Crippen LogP contribution in [-0.2, 0) is 9.47 Å². The number of rotatable bonds is 4. The molecule has 1 heterocycles. The summed E-state index contributed by atoms with van der Waals surface area (Å²) in [6.07, 6.45) is 5.26. The molecule has 0 saturated carbocycles. The molecule has 2 nitrogen and oxygen atoms in total. The first-order valence-electron chi connectivity index (χ1n) is 7.47. The largest absolute Gasteiger partial charge is 0.353 e. The average molecular weight is 398 g/mol. The van der Waals surface area contributed by atoms with E-state index in [2.05, 4.69) is 61.2 Å². The summed E-state index contributed by atoms with van der Waals surface area (Å²) in [5.41, 5.74) is 5.28. The predicted octanol–water partition coefficient (Wildman–Crippen LogP) is 5.17. The van der Waals surface area contributed by atoms with E-state index >= 15 is 0 Å². The maximum Gasteiger partial charge on any atom is 0.158 e. The van der Waals surface area contributed by atoms with Crippen LogP contribution in [0.15, 0.2) is 35.6 Å². The number of ether oxygens (including phenoxy) is 2. The SMILES string of the molecule is CC(=C=Cc1ccccc1I)C(C)(C)OC1CCCCO1. The lowest BCUT2D eigenvalue weighted by Gasteiger charge is -2.32. The second-order valence-corrected chi connectivity index (χ2v) is 7.02. The van der Waals surface area contributed by atoms with Crippen molar-refractivity contribution in [3.05, 3.63) is 44.7 Å². The van der Waals surface area contributed by atoms with Gasteiger partial charge in [-0.25, -0.2) is 0 Å². The van der Waals surface area contributed by atoms with E-state index in [1.807, 2.05) is 18.2 Å². The van der Waals surface area contributed by atoms with E-state index in [0.29, 0.717) is 0 Å². The van der Waals surface area contributed by atoms with E-state index in [1.165, 1.54) is 15.6 Å². The van der Waals surface area contributed by atoms with Crippen LogP contribution < -0.4 is 0 Å². The molecular formula is C18H23IO2. The van der Waals surface area contributed by atoms with Gasteiger partial charge in [0, 0.05) is 10.2 Å². The quantitative estimate of drug-likeness (QED) is 0.515. The van der Waals surface area contributed by atoms with Gasteiger partial charge in [-0.3, -0.25) is 0 Å². The fraction of sp³-hybridized carbons (Fsp3) is 0.500. The zero-order valence-corrected chi connectivity index (χ0v) is 15.1. The van der Waals surface area contributed by atoms with E-state index < -0.39 is 0 Å². The molecule has 1 atom stereocenters. The van der Waals surface area contributed by atoms with Crippen LogP contribution in [0.2, 0.25) is 0 Å². The van der Waals surface area contributed by atoms with Crippen molar-refractivity contribution in [3.8, 4) is 0 Å². The molecule has 0 N–H and O–H groups in total. The Morgan fingerprint density at radius 2 is 2.14 bits per heavy atom. The van der Waals surface area contributed by atoms with Crippen molar-refractivity contribution < 1.29 is 9.47 Å². The summed E-state index contributed by atoms with van der Waals surface area (Å²) in [4.78, 5) is 0. The van der Waals surface area contributed by atoms with Gasteiger partial charge in [-0.15, -0.1) is 5.73 Å². The molecule has 0 aromatic heterocycles. The Labute approximate surface area is 141 Å². The van der Waals surface area contributed by atoms with Gasteiger partial charge < -0.3 is 9.47 Å². The summed E-state index contributed by atoms with van der Waals surface area (Å²) in [6.45, 7) is 7.03. The van der Waals surface area contributed by atoms with Crippen LogP contribution in [0, 0.1) is 3.57 Å². The predicted molar refractivity (Wildman–Crippen MR) is 95.1 cm³/mol. The number of benzene rings is 1. The van der Waals surface area contributed by atoms with Gasteiger partial charge >= 0.3 is 0 Å². The molecule has 1 aromatic carbocycles.